The third-order valence-corrected chi connectivity index (χ3v) is 3.95. The van der Waals surface area contributed by atoms with Crippen molar-refractivity contribution < 1.29 is 19.1 Å². The smallest absolute Gasteiger partial charge is 0.255 e. The van der Waals surface area contributed by atoms with Crippen LogP contribution in [0, 0.1) is 0 Å². The summed E-state index contributed by atoms with van der Waals surface area (Å²) in [6, 6.07) is 15.0. The normalized spacial score (nSPS) is 10.2. The van der Waals surface area contributed by atoms with E-state index in [4.69, 9.17) is 15.2 Å². The van der Waals surface area contributed by atoms with Crippen molar-refractivity contribution in [1.82, 2.24) is 4.98 Å². The van der Waals surface area contributed by atoms with Crippen LogP contribution in [0.2, 0.25) is 0 Å². The predicted molar refractivity (Wildman–Crippen MR) is 104 cm³/mol. The average Bonchev–Trinajstić information content (AvgIpc) is 2.73. The molecular weight excluding hydrogens is 358 g/mol. The number of nitrogens with zero attached hydrogens (tertiary/aromatic N) is 1. The number of methoxy groups -OCH3 is 1. The topological polar surface area (TPSA) is 104 Å². The number of primary amides is 1. The Morgan fingerprint density at radius 3 is 2.57 bits per heavy atom. The standard InChI is InChI=1S/C21H19N3O4/c1-27-18-8-7-17(11-19(18)28-13-14-4-3-9-23-12-14)24-21(26)16-6-2-5-15(10-16)20(22)25/h2-12H,13H2,1H3,(H2,22,25)(H,24,26). The van der Waals surface area contributed by atoms with Gasteiger partial charge in [-0.3, -0.25) is 14.6 Å². The van der Waals surface area contributed by atoms with E-state index in [1.54, 1.807) is 55.9 Å². The van der Waals surface area contributed by atoms with Crippen molar-refractivity contribution >= 4 is 17.5 Å². The SMILES string of the molecule is COc1ccc(NC(=O)c2cccc(C(N)=O)c2)cc1OCc1cccnc1. The van der Waals surface area contributed by atoms with Crippen molar-refractivity contribution in [3.05, 3.63) is 83.7 Å². The van der Waals surface area contributed by atoms with E-state index in [-0.39, 0.29) is 11.5 Å². The van der Waals surface area contributed by atoms with Crippen LogP contribution in [0.5, 0.6) is 11.5 Å². The quantitative estimate of drug-likeness (QED) is 0.659. The highest BCUT2D eigenvalue weighted by Gasteiger charge is 2.12. The summed E-state index contributed by atoms with van der Waals surface area (Å²) < 4.78 is 11.1. The maximum Gasteiger partial charge on any atom is 0.255 e. The summed E-state index contributed by atoms with van der Waals surface area (Å²) in [5.74, 6) is 0.0596. The molecule has 0 bridgehead atoms. The fourth-order valence-electron chi connectivity index (χ4n) is 2.53. The highest BCUT2D eigenvalue weighted by atomic mass is 16.5. The predicted octanol–water partition coefficient (Wildman–Crippen LogP) is 3.02. The molecule has 1 aromatic heterocycles. The van der Waals surface area contributed by atoms with Gasteiger partial charge in [-0.2, -0.15) is 0 Å². The minimum absolute atomic E-state index is 0.267. The second kappa shape index (κ2) is 8.68. The molecule has 7 heteroatoms. The Balaban J connectivity index is 1.76. The van der Waals surface area contributed by atoms with Gasteiger partial charge in [0.25, 0.3) is 5.91 Å². The number of benzene rings is 2. The number of hydrogen-bond acceptors (Lipinski definition) is 5. The number of anilines is 1. The van der Waals surface area contributed by atoms with Gasteiger partial charge in [0, 0.05) is 40.8 Å². The van der Waals surface area contributed by atoms with Gasteiger partial charge in [-0.15, -0.1) is 0 Å². The first-order valence-corrected chi connectivity index (χ1v) is 8.48. The van der Waals surface area contributed by atoms with Crippen molar-refractivity contribution in [2.24, 2.45) is 5.73 Å². The molecule has 142 valence electrons. The Morgan fingerprint density at radius 2 is 1.86 bits per heavy atom. The maximum absolute atomic E-state index is 12.5. The van der Waals surface area contributed by atoms with Gasteiger partial charge in [0.1, 0.15) is 6.61 Å². The summed E-state index contributed by atoms with van der Waals surface area (Å²) in [5, 5.41) is 2.78. The molecule has 3 N–H and O–H groups in total. The number of carbonyl (C=O) groups excluding carboxylic acids is 2. The zero-order valence-electron chi connectivity index (χ0n) is 15.2. The molecule has 0 saturated heterocycles. The van der Waals surface area contributed by atoms with Gasteiger partial charge in [0.2, 0.25) is 5.91 Å². The van der Waals surface area contributed by atoms with Gasteiger partial charge in [-0.1, -0.05) is 12.1 Å². The number of ether oxygens (including phenoxy) is 2. The summed E-state index contributed by atoms with van der Waals surface area (Å²) in [4.78, 5) is 27.8. The molecule has 3 rings (SSSR count). The Morgan fingerprint density at radius 1 is 1.04 bits per heavy atom. The lowest BCUT2D eigenvalue weighted by molar-refractivity contribution is 0.1000. The molecule has 1 heterocycles. The van der Waals surface area contributed by atoms with E-state index in [0.717, 1.165) is 5.56 Å². The zero-order chi connectivity index (χ0) is 19.9. The number of hydrogen-bond donors (Lipinski definition) is 2. The van der Waals surface area contributed by atoms with Crippen LogP contribution >= 0.6 is 0 Å². The largest absolute Gasteiger partial charge is 0.493 e. The lowest BCUT2D eigenvalue weighted by Gasteiger charge is -2.13. The van der Waals surface area contributed by atoms with E-state index in [9.17, 15) is 9.59 Å². The number of pyridine rings is 1. The number of nitrogens with two attached hydrogens (primary N) is 1. The highest BCUT2D eigenvalue weighted by Crippen LogP contribution is 2.31. The molecule has 0 atom stereocenters. The Labute approximate surface area is 162 Å². The molecule has 28 heavy (non-hydrogen) atoms. The summed E-state index contributed by atoms with van der Waals surface area (Å²) in [6.07, 6.45) is 3.40. The zero-order valence-corrected chi connectivity index (χ0v) is 15.2. The van der Waals surface area contributed by atoms with Gasteiger partial charge in [-0.25, -0.2) is 0 Å². The maximum atomic E-state index is 12.5. The lowest BCUT2D eigenvalue weighted by Crippen LogP contribution is -2.15. The summed E-state index contributed by atoms with van der Waals surface area (Å²) >= 11 is 0. The van der Waals surface area contributed by atoms with Crippen LogP contribution < -0.4 is 20.5 Å². The van der Waals surface area contributed by atoms with Crippen molar-refractivity contribution in [3.8, 4) is 11.5 Å². The fraction of sp³-hybridized carbons (Fsp3) is 0.0952. The van der Waals surface area contributed by atoms with Crippen LogP contribution in [-0.2, 0) is 6.61 Å². The first-order chi connectivity index (χ1) is 13.6. The van der Waals surface area contributed by atoms with Crippen LogP contribution in [0.25, 0.3) is 0 Å². The van der Waals surface area contributed by atoms with Gasteiger partial charge in [0.15, 0.2) is 11.5 Å². The Kier molecular flexibility index (Phi) is 5.86. The first-order valence-electron chi connectivity index (χ1n) is 8.48. The van der Waals surface area contributed by atoms with Crippen molar-refractivity contribution in [3.63, 3.8) is 0 Å². The second-order valence-corrected chi connectivity index (χ2v) is 5.91. The van der Waals surface area contributed by atoms with Gasteiger partial charge in [-0.05, 0) is 36.4 Å². The average molecular weight is 377 g/mol. The van der Waals surface area contributed by atoms with E-state index in [0.29, 0.717) is 29.4 Å². The van der Waals surface area contributed by atoms with Crippen LogP contribution in [0.1, 0.15) is 26.3 Å². The van der Waals surface area contributed by atoms with Gasteiger partial charge in [0.05, 0.1) is 7.11 Å². The molecule has 0 unspecified atom stereocenters. The van der Waals surface area contributed by atoms with Crippen molar-refractivity contribution in [2.45, 2.75) is 6.61 Å². The molecule has 2 amide bonds. The molecule has 2 aromatic carbocycles. The monoisotopic (exact) mass is 377 g/mol. The molecule has 0 saturated carbocycles. The molecular formula is C21H19N3O4. The molecule has 7 nitrogen and oxygen atoms in total. The van der Waals surface area contributed by atoms with Crippen LogP contribution in [0.15, 0.2) is 67.0 Å². The third kappa shape index (κ3) is 4.64. The van der Waals surface area contributed by atoms with Crippen LogP contribution in [0.4, 0.5) is 5.69 Å². The van der Waals surface area contributed by atoms with Crippen LogP contribution in [-0.4, -0.2) is 23.9 Å². The second-order valence-electron chi connectivity index (χ2n) is 5.91. The Bertz CT molecular complexity index is 990. The molecule has 0 aliphatic carbocycles. The lowest BCUT2D eigenvalue weighted by atomic mass is 10.1. The molecule has 0 aliphatic heterocycles. The number of rotatable bonds is 7. The molecule has 3 aromatic rings. The van der Waals surface area contributed by atoms with E-state index in [1.165, 1.54) is 6.07 Å². The minimum Gasteiger partial charge on any atom is -0.493 e. The van der Waals surface area contributed by atoms with E-state index in [1.807, 2.05) is 12.1 Å². The summed E-state index contributed by atoms with van der Waals surface area (Å²) in [6.45, 7) is 0.308. The fourth-order valence-corrected chi connectivity index (χ4v) is 2.53. The Hall–Kier alpha value is -3.87. The molecule has 0 radical (unpaired) electrons. The van der Waals surface area contributed by atoms with Gasteiger partial charge >= 0.3 is 0 Å². The number of amides is 2. The molecule has 0 fully saturated rings. The van der Waals surface area contributed by atoms with Crippen molar-refractivity contribution in [1.29, 1.82) is 0 Å². The highest BCUT2D eigenvalue weighted by molar-refractivity contribution is 6.06. The van der Waals surface area contributed by atoms with Gasteiger partial charge < -0.3 is 20.5 Å². The van der Waals surface area contributed by atoms with Crippen molar-refractivity contribution in [2.75, 3.05) is 12.4 Å². The minimum atomic E-state index is -0.592. The summed E-state index contributed by atoms with van der Waals surface area (Å²) in [7, 11) is 1.54. The number of carbonyl (C=O) groups is 2. The third-order valence-electron chi connectivity index (χ3n) is 3.95. The first kappa shape index (κ1) is 18.9. The molecule has 0 spiro atoms. The number of nitrogens with one attached hydrogen (secondary N) is 1. The number of aromatic nitrogens is 1. The summed E-state index contributed by atoms with van der Waals surface area (Å²) in [5.41, 5.74) is 7.28. The van der Waals surface area contributed by atoms with E-state index in [2.05, 4.69) is 10.3 Å². The van der Waals surface area contributed by atoms with E-state index < -0.39 is 5.91 Å². The molecule has 0 aliphatic rings. The van der Waals surface area contributed by atoms with E-state index >= 15 is 0 Å². The van der Waals surface area contributed by atoms with Crippen LogP contribution in [0.3, 0.4) is 0 Å².